The number of hydrogen-bond acceptors (Lipinski definition) is 2. The number of aromatic nitrogens is 1. The van der Waals surface area contributed by atoms with Crippen LogP contribution in [0.5, 0.6) is 5.75 Å². The molecule has 1 heterocycles. The molecule has 1 aromatic carbocycles. The van der Waals surface area contributed by atoms with Gasteiger partial charge in [-0.2, -0.15) is 0 Å². The molecule has 2 aliphatic rings. The topological polar surface area (TPSA) is 22.1 Å². The maximum atomic E-state index is 6.25. The van der Waals surface area contributed by atoms with Crippen LogP contribution in [0.25, 0.3) is 5.57 Å². The molecule has 2 unspecified atom stereocenters. The van der Waals surface area contributed by atoms with Crippen molar-refractivity contribution in [3.8, 4) is 5.75 Å². The highest BCUT2D eigenvalue weighted by Gasteiger charge is 2.47. The Balaban J connectivity index is 1.58. The highest BCUT2D eigenvalue weighted by atomic mass is 16.5. The molecular weight excluding hydrogens is 306 g/mol. The summed E-state index contributed by atoms with van der Waals surface area (Å²) in [6.45, 7) is 9.23. The van der Waals surface area contributed by atoms with Gasteiger partial charge in [-0.3, -0.25) is 4.98 Å². The van der Waals surface area contributed by atoms with Gasteiger partial charge in [0.25, 0.3) is 0 Å². The quantitative estimate of drug-likeness (QED) is 0.745. The Bertz CT molecular complexity index is 796. The minimum absolute atomic E-state index is 0.233. The smallest absolute Gasteiger partial charge is 0.138 e. The molecule has 2 bridgehead atoms. The van der Waals surface area contributed by atoms with Gasteiger partial charge in [0.1, 0.15) is 5.75 Å². The number of nitrogens with zero attached hydrogens (tertiary/aromatic N) is 1. The van der Waals surface area contributed by atoms with E-state index in [9.17, 15) is 0 Å². The predicted octanol–water partition coefficient (Wildman–Crippen LogP) is 5.42. The fourth-order valence-electron chi connectivity index (χ4n) is 4.99. The van der Waals surface area contributed by atoms with Crippen molar-refractivity contribution >= 4 is 5.57 Å². The number of pyridine rings is 1. The van der Waals surface area contributed by atoms with Crippen LogP contribution in [0.15, 0.2) is 49.3 Å². The monoisotopic (exact) mass is 333 g/mol. The molecule has 0 saturated heterocycles. The van der Waals surface area contributed by atoms with Crippen LogP contribution >= 0.6 is 0 Å². The molecule has 2 aliphatic carbocycles. The fraction of sp³-hybridized carbons (Fsp3) is 0.435. The van der Waals surface area contributed by atoms with E-state index in [0.717, 1.165) is 29.4 Å². The van der Waals surface area contributed by atoms with Crippen molar-refractivity contribution in [3.63, 3.8) is 0 Å². The first-order chi connectivity index (χ1) is 12.1. The molecule has 130 valence electrons. The van der Waals surface area contributed by atoms with Crippen LogP contribution in [0.4, 0.5) is 0 Å². The summed E-state index contributed by atoms with van der Waals surface area (Å²) in [6.07, 6.45) is 8.78. The van der Waals surface area contributed by atoms with Gasteiger partial charge in [-0.05, 0) is 65.8 Å². The molecule has 0 spiro atoms. The summed E-state index contributed by atoms with van der Waals surface area (Å²) < 4.78 is 6.25. The van der Waals surface area contributed by atoms with Crippen LogP contribution in [0.2, 0.25) is 0 Å². The minimum atomic E-state index is 0.233. The summed E-state index contributed by atoms with van der Waals surface area (Å²) in [6, 6.07) is 11.1. The van der Waals surface area contributed by atoms with Gasteiger partial charge in [-0.25, -0.2) is 0 Å². The first kappa shape index (κ1) is 16.4. The van der Waals surface area contributed by atoms with E-state index in [4.69, 9.17) is 4.74 Å². The summed E-state index contributed by atoms with van der Waals surface area (Å²) in [5, 5.41) is 0. The van der Waals surface area contributed by atoms with E-state index in [1.54, 1.807) is 11.1 Å². The molecule has 1 fully saturated rings. The Morgan fingerprint density at radius 1 is 1.32 bits per heavy atom. The Morgan fingerprint density at radius 2 is 2.16 bits per heavy atom. The molecule has 25 heavy (non-hydrogen) atoms. The number of rotatable bonds is 4. The Hall–Kier alpha value is -2.09. The third kappa shape index (κ3) is 2.88. The molecule has 0 radical (unpaired) electrons. The second-order valence-electron chi connectivity index (χ2n) is 8.04. The van der Waals surface area contributed by atoms with E-state index >= 15 is 0 Å². The van der Waals surface area contributed by atoms with E-state index in [1.165, 1.54) is 25.7 Å². The van der Waals surface area contributed by atoms with E-state index in [0.29, 0.717) is 5.92 Å². The van der Waals surface area contributed by atoms with Crippen molar-refractivity contribution in [3.05, 3.63) is 66.0 Å². The Morgan fingerprint density at radius 3 is 3.00 bits per heavy atom. The zero-order chi connectivity index (χ0) is 17.4. The van der Waals surface area contributed by atoms with Crippen molar-refractivity contribution in [1.82, 2.24) is 4.98 Å². The van der Waals surface area contributed by atoms with Crippen LogP contribution in [0, 0.1) is 11.8 Å². The van der Waals surface area contributed by atoms with Gasteiger partial charge in [0.05, 0.1) is 12.8 Å². The van der Waals surface area contributed by atoms with E-state index in [-0.39, 0.29) is 5.41 Å². The molecule has 0 N–H and O–H groups in total. The average molecular weight is 333 g/mol. The van der Waals surface area contributed by atoms with Gasteiger partial charge in [-0.15, -0.1) is 0 Å². The molecule has 2 nitrogen and oxygen atoms in total. The summed E-state index contributed by atoms with van der Waals surface area (Å²) in [7, 11) is 0. The summed E-state index contributed by atoms with van der Waals surface area (Å²) in [4.78, 5) is 4.31. The summed E-state index contributed by atoms with van der Waals surface area (Å²) in [5.41, 5.74) is 5.41. The molecule has 3 atom stereocenters. The van der Waals surface area contributed by atoms with Crippen LogP contribution in [0.3, 0.4) is 0 Å². The van der Waals surface area contributed by atoms with Gasteiger partial charge >= 0.3 is 0 Å². The maximum Gasteiger partial charge on any atom is 0.138 e. The fourth-order valence-corrected chi connectivity index (χ4v) is 4.99. The van der Waals surface area contributed by atoms with Gasteiger partial charge < -0.3 is 4.74 Å². The number of fused-ring (bicyclic) bond motifs is 4. The van der Waals surface area contributed by atoms with Crippen LogP contribution in [0.1, 0.15) is 49.8 Å². The number of benzene rings is 1. The highest BCUT2D eigenvalue weighted by Crippen LogP contribution is 2.52. The standard InChI is InChI=1S/C23H27NO/c1-16(2)19-12-20(14-24-13-19)25-15-22-18-8-6-10-23(22,3)21-9-5-4-7-17(21)11-18/h4-5,7,9,12-14,18,22H,1,6,8,10-11,15H2,2-3H3/t18?,22?,23-/m1/s1. The summed E-state index contributed by atoms with van der Waals surface area (Å²) >= 11 is 0. The lowest BCUT2D eigenvalue weighted by Gasteiger charge is -2.51. The van der Waals surface area contributed by atoms with Crippen molar-refractivity contribution in [2.75, 3.05) is 6.61 Å². The molecule has 4 rings (SSSR count). The lowest BCUT2D eigenvalue weighted by molar-refractivity contribution is 0.0606. The third-order valence-electron chi connectivity index (χ3n) is 6.41. The van der Waals surface area contributed by atoms with Crippen molar-refractivity contribution in [2.24, 2.45) is 11.8 Å². The molecule has 0 amide bonds. The lowest BCUT2D eigenvalue weighted by Crippen LogP contribution is -2.48. The maximum absolute atomic E-state index is 6.25. The van der Waals surface area contributed by atoms with Gasteiger partial charge in [0, 0.05) is 12.1 Å². The second kappa shape index (κ2) is 6.33. The number of ether oxygens (including phenoxy) is 1. The van der Waals surface area contributed by atoms with Crippen molar-refractivity contribution < 1.29 is 4.74 Å². The molecule has 2 aromatic rings. The van der Waals surface area contributed by atoms with E-state index in [1.807, 2.05) is 19.3 Å². The van der Waals surface area contributed by atoms with E-state index < -0.39 is 0 Å². The minimum Gasteiger partial charge on any atom is -0.492 e. The first-order valence-corrected chi connectivity index (χ1v) is 9.40. The van der Waals surface area contributed by atoms with Gasteiger partial charge in [0.2, 0.25) is 0 Å². The SMILES string of the molecule is C=C(C)c1cncc(OCC2C3CCC[C@]2(C)c2ccccc2C3)c1. The van der Waals surface area contributed by atoms with Gasteiger partial charge in [-0.1, -0.05) is 44.2 Å². The van der Waals surface area contributed by atoms with E-state index in [2.05, 4.69) is 48.8 Å². The largest absolute Gasteiger partial charge is 0.492 e. The van der Waals surface area contributed by atoms with Crippen molar-refractivity contribution in [1.29, 1.82) is 0 Å². The van der Waals surface area contributed by atoms with Crippen LogP contribution < -0.4 is 4.74 Å². The van der Waals surface area contributed by atoms with Gasteiger partial charge in [0.15, 0.2) is 0 Å². The first-order valence-electron chi connectivity index (χ1n) is 9.40. The second-order valence-corrected chi connectivity index (χ2v) is 8.04. The van der Waals surface area contributed by atoms with Crippen LogP contribution in [-0.4, -0.2) is 11.6 Å². The number of allylic oxidation sites excluding steroid dienone is 1. The number of hydrogen-bond donors (Lipinski definition) is 0. The predicted molar refractivity (Wildman–Crippen MR) is 103 cm³/mol. The average Bonchev–Trinajstić information content (AvgIpc) is 2.61. The Labute approximate surface area is 150 Å². The molecular formula is C23H27NO. The normalized spacial score (nSPS) is 27.4. The third-order valence-corrected chi connectivity index (χ3v) is 6.41. The zero-order valence-corrected chi connectivity index (χ0v) is 15.3. The molecule has 1 saturated carbocycles. The van der Waals surface area contributed by atoms with Crippen molar-refractivity contribution in [2.45, 2.75) is 44.9 Å². The highest BCUT2D eigenvalue weighted by molar-refractivity contribution is 5.61. The lowest BCUT2D eigenvalue weighted by atomic mass is 9.54. The zero-order valence-electron chi connectivity index (χ0n) is 15.3. The summed E-state index contributed by atoms with van der Waals surface area (Å²) in [5.74, 6) is 2.16. The molecule has 1 aromatic heterocycles. The van der Waals surface area contributed by atoms with Crippen LogP contribution in [-0.2, 0) is 11.8 Å². The molecule has 2 heteroatoms. The molecule has 0 aliphatic heterocycles. The Kier molecular flexibility index (Phi) is 4.15.